The first-order valence-corrected chi connectivity index (χ1v) is 3.97. The summed E-state index contributed by atoms with van der Waals surface area (Å²) in [5.74, 6) is -0.920. The molecule has 0 fully saturated rings. The maximum absolute atomic E-state index is 9.92. The van der Waals surface area contributed by atoms with Gasteiger partial charge in [0.05, 0.1) is 0 Å². The molecule has 2 nitrogen and oxygen atoms in total. The van der Waals surface area contributed by atoms with Crippen LogP contribution in [-0.4, -0.2) is 5.97 Å². The van der Waals surface area contributed by atoms with E-state index in [-0.39, 0.29) is 74.9 Å². The number of hydrogen-bond acceptors (Lipinski definition) is 2. The standard InChI is InChI=1S/C8H16O2.Fe.K/c1-2-3-4-5-6-7-8(9)10;;/h2-7H2,1H3,(H,9,10);;/q;;+1/p-1. The molecule has 0 spiro atoms. The molecule has 0 heterocycles. The van der Waals surface area contributed by atoms with Crippen LogP contribution in [-0.2, 0) is 21.9 Å². The third-order valence-corrected chi connectivity index (χ3v) is 1.48. The zero-order valence-electron chi connectivity index (χ0n) is 7.91. The quantitative estimate of drug-likeness (QED) is 0.400. The maximum Gasteiger partial charge on any atom is 1.00 e. The topological polar surface area (TPSA) is 40.1 Å². The minimum atomic E-state index is -0.920. The number of aliphatic carboxylic acids is 1. The summed E-state index contributed by atoms with van der Waals surface area (Å²) in [6.45, 7) is 2.14. The van der Waals surface area contributed by atoms with E-state index >= 15 is 0 Å². The number of carbonyl (C=O) groups is 1. The van der Waals surface area contributed by atoms with Crippen LogP contribution in [0.1, 0.15) is 45.4 Å². The van der Waals surface area contributed by atoms with Gasteiger partial charge in [-0.1, -0.05) is 32.6 Å². The number of hydrogen-bond donors (Lipinski definition) is 0. The Hall–Kier alpha value is 1.63. The Morgan fingerprint density at radius 3 is 2.08 bits per heavy atom. The van der Waals surface area contributed by atoms with Crippen LogP contribution >= 0.6 is 0 Å². The molecule has 0 saturated heterocycles. The molecule has 0 aliphatic heterocycles. The SMILES string of the molecule is CCCCCCCC(=O)[O-].[Fe].[K+]. The maximum atomic E-state index is 9.92. The molecule has 0 atom stereocenters. The van der Waals surface area contributed by atoms with Crippen LogP contribution in [0.5, 0.6) is 0 Å². The molecule has 0 aromatic heterocycles. The average molecular weight is 238 g/mol. The molecule has 0 amide bonds. The van der Waals surface area contributed by atoms with E-state index in [1.807, 2.05) is 0 Å². The summed E-state index contributed by atoms with van der Waals surface area (Å²) in [4.78, 5) is 9.92. The van der Waals surface area contributed by atoms with Gasteiger partial charge in [-0.05, 0) is 12.8 Å². The summed E-state index contributed by atoms with van der Waals surface area (Å²) in [5.41, 5.74) is 0. The van der Waals surface area contributed by atoms with E-state index in [0.717, 1.165) is 19.3 Å². The van der Waals surface area contributed by atoms with Crippen LogP contribution in [0, 0.1) is 0 Å². The van der Waals surface area contributed by atoms with Gasteiger partial charge in [-0.25, -0.2) is 0 Å². The summed E-state index contributed by atoms with van der Waals surface area (Å²) < 4.78 is 0. The molecule has 0 N–H and O–H groups in total. The molecular weight excluding hydrogens is 223 g/mol. The average Bonchev–Trinajstić information content (AvgIpc) is 1.87. The van der Waals surface area contributed by atoms with Crippen LogP contribution in [0.3, 0.4) is 0 Å². The Morgan fingerprint density at radius 2 is 1.67 bits per heavy atom. The second-order valence-corrected chi connectivity index (χ2v) is 2.54. The van der Waals surface area contributed by atoms with Gasteiger partial charge in [0.25, 0.3) is 0 Å². The predicted molar refractivity (Wildman–Crippen MR) is 38.4 cm³/mol. The van der Waals surface area contributed by atoms with Gasteiger partial charge in [-0.3, -0.25) is 0 Å². The molecule has 0 aromatic rings. The molecule has 0 rings (SSSR count). The smallest absolute Gasteiger partial charge is 0.550 e. The molecule has 0 aliphatic carbocycles. The van der Waals surface area contributed by atoms with Crippen LogP contribution in [0.4, 0.5) is 0 Å². The van der Waals surface area contributed by atoms with E-state index in [9.17, 15) is 9.90 Å². The minimum Gasteiger partial charge on any atom is -0.550 e. The molecule has 68 valence electrons. The minimum absolute atomic E-state index is 0. The Balaban J connectivity index is -0.000000405. The molecule has 0 unspecified atom stereocenters. The van der Waals surface area contributed by atoms with Gasteiger partial charge < -0.3 is 9.90 Å². The van der Waals surface area contributed by atoms with Crippen molar-refractivity contribution in [2.75, 3.05) is 0 Å². The second kappa shape index (κ2) is 15.1. The van der Waals surface area contributed by atoms with Crippen molar-refractivity contribution in [3.05, 3.63) is 0 Å². The fourth-order valence-electron chi connectivity index (χ4n) is 0.873. The van der Waals surface area contributed by atoms with Gasteiger partial charge in [-0.15, -0.1) is 0 Å². The molecule has 0 radical (unpaired) electrons. The monoisotopic (exact) mass is 238 g/mol. The zero-order chi connectivity index (χ0) is 7.82. The molecule has 0 bridgehead atoms. The van der Waals surface area contributed by atoms with E-state index in [2.05, 4.69) is 6.92 Å². The number of unbranched alkanes of at least 4 members (excludes halogenated alkanes) is 4. The third-order valence-electron chi connectivity index (χ3n) is 1.48. The van der Waals surface area contributed by atoms with Crippen molar-refractivity contribution >= 4 is 5.97 Å². The van der Waals surface area contributed by atoms with Crippen molar-refractivity contribution in [1.29, 1.82) is 0 Å². The first-order valence-electron chi connectivity index (χ1n) is 3.97. The van der Waals surface area contributed by atoms with Crippen LogP contribution < -0.4 is 56.5 Å². The van der Waals surface area contributed by atoms with Crippen molar-refractivity contribution in [1.82, 2.24) is 0 Å². The number of carboxylic acid groups (broad SMARTS) is 1. The summed E-state index contributed by atoms with van der Waals surface area (Å²) in [7, 11) is 0. The van der Waals surface area contributed by atoms with Gasteiger partial charge in [0.2, 0.25) is 0 Å². The Labute approximate surface area is 128 Å². The summed E-state index contributed by atoms with van der Waals surface area (Å²) in [5, 5.41) is 9.92. The fourth-order valence-corrected chi connectivity index (χ4v) is 0.873. The van der Waals surface area contributed by atoms with E-state index in [1.165, 1.54) is 12.8 Å². The van der Waals surface area contributed by atoms with Crippen LogP contribution in [0.25, 0.3) is 0 Å². The van der Waals surface area contributed by atoms with Gasteiger partial charge in [0.15, 0.2) is 0 Å². The normalized spacial score (nSPS) is 8.08. The summed E-state index contributed by atoms with van der Waals surface area (Å²) in [6.07, 6.45) is 5.61. The van der Waals surface area contributed by atoms with Crippen molar-refractivity contribution in [3.8, 4) is 0 Å². The second-order valence-electron chi connectivity index (χ2n) is 2.54. The number of carboxylic acids is 1. The van der Waals surface area contributed by atoms with Crippen LogP contribution in [0.2, 0.25) is 0 Å². The van der Waals surface area contributed by atoms with Gasteiger partial charge >= 0.3 is 51.4 Å². The molecule has 4 heteroatoms. The number of carbonyl (C=O) groups excluding carboxylic acids is 1. The van der Waals surface area contributed by atoms with Gasteiger partial charge in [-0.2, -0.15) is 0 Å². The van der Waals surface area contributed by atoms with Gasteiger partial charge in [0.1, 0.15) is 0 Å². The first kappa shape index (κ1) is 19.2. The Kier molecular flexibility index (Phi) is 24.2. The van der Waals surface area contributed by atoms with Gasteiger partial charge in [0, 0.05) is 23.0 Å². The van der Waals surface area contributed by atoms with E-state index < -0.39 is 5.97 Å². The largest absolute Gasteiger partial charge is 1.00 e. The molecule has 0 aliphatic rings. The fraction of sp³-hybridized carbons (Fsp3) is 0.875. The van der Waals surface area contributed by atoms with Crippen molar-refractivity contribution in [3.63, 3.8) is 0 Å². The molecule has 0 aromatic carbocycles. The van der Waals surface area contributed by atoms with Crippen molar-refractivity contribution in [2.24, 2.45) is 0 Å². The van der Waals surface area contributed by atoms with E-state index in [1.54, 1.807) is 0 Å². The Bertz CT molecular complexity index is 99.1. The van der Waals surface area contributed by atoms with E-state index in [0.29, 0.717) is 0 Å². The molecule has 12 heavy (non-hydrogen) atoms. The number of rotatable bonds is 6. The predicted octanol–water partition coefficient (Wildman–Crippen LogP) is -1.90. The first-order chi connectivity index (χ1) is 4.77. The van der Waals surface area contributed by atoms with Crippen molar-refractivity contribution < 1.29 is 78.4 Å². The van der Waals surface area contributed by atoms with Crippen LogP contribution in [0.15, 0.2) is 0 Å². The molecular formula is C8H15FeKO2. The zero-order valence-corrected chi connectivity index (χ0v) is 12.1. The Morgan fingerprint density at radius 1 is 1.17 bits per heavy atom. The summed E-state index contributed by atoms with van der Waals surface area (Å²) >= 11 is 0. The summed E-state index contributed by atoms with van der Waals surface area (Å²) in [6, 6.07) is 0. The van der Waals surface area contributed by atoms with E-state index in [4.69, 9.17) is 0 Å². The third kappa shape index (κ3) is 17.6. The molecule has 0 saturated carbocycles. The van der Waals surface area contributed by atoms with Crippen molar-refractivity contribution in [2.45, 2.75) is 45.4 Å².